The molecular weight excluding hydrogens is 454 g/mol. The predicted molar refractivity (Wildman–Crippen MR) is 140 cm³/mol. The van der Waals surface area contributed by atoms with Gasteiger partial charge in [-0.1, -0.05) is 18.2 Å². The Balaban J connectivity index is 1.45. The van der Waals surface area contributed by atoms with Crippen molar-refractivity contribution < 1.29 is 14.3 Å². The number of rotatable bonds is 6. The molecule has 0 bridgehead atoms. The first kappa shape index (κ1) is 23.7. The van der Waals surface area contributed by atoms with Gasteiger partial charge in [-0.05, 0) is 49.0 Å². The van der Waals surface area contributed by atoms with Crippen LogP contribution in [-0.4, -0.2) is 67.0 Å². The van der Waals surface area contributed by atoms with Crippen LogP contribution < -0.4 is 10.6 Å². The van der Waals surface area contributed by atoms with Gasteiger partial charge < -0.3 is 20.3 Å². The van der Waals surface area contributed by atoms with Crippen molar-refractivity contribution in [3.05, 3.63) is 89.2 Å². The molecule has 36 heavy (non-hydrogen) atoms. The summed E-state index contributed by atoms with van der Waals surface area (Å²) in [6, 6.07) is 17.1. The summed E-state index contributed by atoms with van der Waals surface area (Å²) in [5.74, 6) is -0.697. The van der Waals surface area contributed by atoms with E-state index in [4.69, 9.17) is 4.74 Å². The summed E-state index contributed by atoms with van der Waals surface area (Å²) in [7, 11) is 3.49. The smallest absolute Gasteiger partial charge is 0.337 e. The van der Waals surface area contributed by atoms with Crippen LogP contribution in [0.5, 0.6) is 0 Å². The molecule has 1 amide bonds. The number of pyridine rings is 1. The number of carbonyl (C=O) groups excluding carboxylic acids is 2. The van der Waals surface area contributed by atoms with E-state index in [1.54, 1.807) is 30.6 Å². The highest BCUT2D eigenvalue weighted by Crippen LogP contribution is 2.38. The molecule has 0 atom stereocenters. The SMILES string of the molecule is COC(=O)c1ccc2c(c1)NC(=O)C2=C(Nc1ccc(CN2CCN(C)CC2)cc1)c1cccnc1. The molecular formula is C28H29N5O3. The number of carbonyl (C=O) groups is 2. The van der Waals surface area contributed by atoms with Gasteiger partial charge in [-0.3, -0.25) is 14.7 Å². The summed E-state index contributed by atoms with van der Waals surface area (Å²) < 4.78 is 4.82. The number of ether oxygens (including phenoxy) is 1. The summed E-state index contributed by atoms with van der Waals surface area (Å²) in [6.07, 6.45) is 3.43. The number of nitrogens with one attached hydrogen (secondary N) is 2. The molecule has 8 nitrogen and oxygen atoms in total. The minimum atomic E-state index is -0.452. The van der Waals surface area contributed by atoms with Gasteiger partial charge in [-0.2, -0.15) is 0 Å². The predicted octanol–water partition coefficient (Wildman–Crippen LogP) is 3.55. The molecule has 0 aliphatic carbocycles. The van der Waals surface area contributed by atoms with Crippen LogP contribution in [0.3, 0.4) is 0 Å². The summed E-state index contributed by atoms with van der Waals surface area (Å²) >= 11 is 0. The lowest BCUT2D eigenvalue weighted by Gasteiger charge is -2.32. The standard InChI is InChI=1S/C28H29N5O3/c1-32-12-14-33(15-13-32)18-19-5-8-22(9-6-19)30-26(21-4-3-11-29-17-21)25-23-10-7-20(28(35)36-2)16-24(23)31-27(25)34/h3-11,16-17,30H,12-15,18H2,1-2H3,(H,31,34). The third kappa shape index (κ3) is 5.00. The fourth-order valence-electron chi connectivity index (χ4n) is 4.56. The number of esters is 1. The summed E-state index contributed by atoms with van der Waals surface area (Å²) in [5.41, 5.74) is 5.72. The highest BCUT2D eigenvalue weighted by Gasteiger charge is 2.29. The molecule has 2 aliphatic heterocycles. The topological polar surface area (TPSA) is 86.8 Å². The Morgan fingerprint density at radius 1 is 1.06 bits per heavy atom. The second-order valence-corrected chi connectivity index (χ2v) is 9.10. The molecule has 184 valence electrons. The Morgan fingerprint density at radius 2 is 1.83 bits per heavy atom. The van der Waals surface area contributed by atoms with Crippen molar-refractivity contribution in [2.45, 2.75) is 6.54 Å². The number of hydrogen-bond donors (Lipinski definition) is 2. The number of benzene rings is 2. The van der Waals surface area contributed by atoms with E-state index in [0.29, 0.717) is 28.1 Å². The van der Waals surface area contributed by atoms with E-state index < -0.39 is 5.97 Å². The van der Waals surface area contributed by atoms with Crippen LogP contribution in [0.2, 0.25) is 0 Å². The molecule has 1 fully saturated rings. The minimum Gasteiger partial charge on any atom is -0.465 e. The normalized spacial score (nSPS) is 17.3. The molecule has 0 saturated carbocycles. The molecule has 2 N–H and O–H groups in total. The number of nitrogens with zero attached hydrogens (tertiary/aromatic N) is 3. The number of aromatic nitrogens is 1. The van der Waals surface area contributed by atoms with Crippen LogP contribution in [0.4, 0.5) is 11.4 Å². The van der Waals surface area contributed by atoms with Crippen molar-refractivity contribution in [3.63, 3.8) is 0 Å². The largest absolute Gasteiger partial charge is 0.465 e. The van der Waals surface area contributed by atoms with Crippen molar-refractivity contribution in [3.8, 4) is 0 Å². The molecule has 8 heteroatoms. The zero-order chi connectivity index (χ0) is 25.1. The van der Waals surface area contributed by atoms with E-state index >= 15 is 0 Å². The zero-order valence-electron chi connectivity index (χ0n) is 20.5. The Bertz CT molecular complexity index is 1300. The minimum absolute atomic E-state index is 0.245. The fraction of sp³-hybridized carbons (Fsp3) is 0.250. The van der Waals surface area contributed by atoms with Gasteiger partial charge in [0.05, 0.1) is 29.6 Å². The van der Waals surface area contributed by atoms with Gasteiger partial charge in [-0.25, -0.2) is 4.79 Å². The van der Waals surface area contributed by atoms with Gasteiger partial charge in [0, 0.05) is 61.9 Å². The van der Waals surface area contributed by atoms with Crippen LogP contribution in [0.1, 0.15) is 27.0 Å². The van der Waals surface area contributed by atoms with E-state index in [9.17, 15) is 9.59 Å². The van der Waals surface area contributed by atoms with Crippen LogP contribution in [0.15, 0.2) is 67.0 Å². The highest BCUT2D eigenvalue weighted by atomic mass is 16.5. The van der Waals surface area contributed by atoms with Gasteiger partial charge in [-0.15, -0.1) is 0 Å². The first-order valence-electron chi connectivity index (χ1n) is 12.0. The van der Waals surface area contributed by atoms with Gasteiger partial charge >= 0.3 is 5.97 Å². The molecule has 1 aromatic heterocycles. The number of hydrogen-bond acceptors (Lipinski definition) is 7. The van der Waals surface area contributed by atoms with Gasteiger partial charge in [0.2, 0.25) is 0 Å². The Kier molecular flexibility index (Phi) is 6.79. The van der Waals surface area contributed by atoms with Gasteiger partial charge in [0.15, 0.2) is 0 Å². The Labute approximate surface area is 210 Å². The maximum atomic E-state index is 13.1. The Hall–Kier alpha value is -4.01. The number of amides is 1. The average Bonchev–Trinajstić information content (AvgIpc) is 3.24. The molecule has 0 radical (unpaired) electrons. The quantitative estimate of drug-likeness (QED) is 0.410. The molecule has 2 aliphatic rings. The van der Waals surface area contributed by atoms with Crippen LogP contribution in [-0.2, 0) is 16.1 Å². The third-order valence-corrected chi connectivity index (χ3v) is 6.61. The van der Waals surface area contributed by atoms with Gasteiger partial charge in [0.1, 0.15) is 0 Å². The van der Waals surface area contributed by atoms with Crippen molar-refractivity contribution in [2.24, 2.45) is 0 Å². The van der Waals surface area contributed by atoms with Crippen molar-refractivity contribution in [1.29, 1.82) is 0 Å². The molecule has 0 unspecified atom stereocenters. The van der Waals surface area contributed by atoms with Gasteiger partial charge in [0.25, 0.3) is 5.91 Å². The average molecular weight is 484 g/mol. The summed E-state index contributed by atoms with van der Waals surface area (Å²) in [4.78, 5) is 34.2. The number of anilines is 2. The van der Waals surface area contributed by atoms with E-state index in [1.807, 2.05) is 24.3 Å². The van der Waals surface area contributed by atoms with Crippen LogP contribution in [0.25, 0.3) is 11.3 Å². The summed E-state index contributed by atoms with van der Waals surface area (Å²) in [5, 5.41) is 6.35. The van der Waals surface area contributed by atoms with E-state index in [0.717, 1.165) is 44.0 Å². The van der Waals surface area contributed by atoms with E-state index in [-0.39, 0.29) is 5.91 Å². The zero-order valence-corrected chi connectivity index (χ0v) is 20.5. The molecule has 2 aromatic carbocycles. The van der Waals surface area contributed by atoms with Crippen molar-refractivity contribution in [2.75, 3.05) is 51.0 Å². The first-order valence-corrected chi connectivity index (χ1v) is 12.0. The monoisotopic (exact) mass is 483 g/mol. The highest BCUT2D eigenvalue weighted by molar-refractivity contribution is 6.37. The molecule has 3 heterocycles. The number of fused-ring (bicyclic) bond motifs is 1. The van der Waals surface area contributed by atoms with E-state index in [2.05, 4.69) is 44.6 Å². The fourth-order valence-corrected chi connectivity index (χ4v) is 4.56. The third-order valence-electron chi connectivity index (χ3n) is 6.61. The summed E-state index contributed by atoms with van der Waals surface area (Å²) in [6.45, 7) is 5.24. The Morgan fingerprint density at radius 3 is 2.53 bits per heavy atom. The molecule has 1 saturated heterocycles. The molecule has 5 rings (SSSR count). The van der Waals surface area contributed by atoms with Crippen LogP contribution >= 0.6 is 0 Å². The number of piperazine rings is 1. The lowest BCUT2D eigenvalue weighted by molar-refractivity contribution is -0.110. The molecule has 3 aromatic rings. The first-order chi connectivity index (χ1) is 17.5. The molecule has 0 spiro atoms. The maximum absolute atomic E-state index is 13.1. The lowest BCUT2D eigenvalue weighted by Crippen LogP contribution is -2.43. The lowest BCUT2D eigenvalue weighted by atomic mass is 9.99. The second kappa shape index (κ2) is 10.3. The number of methoxy groups -OCH3 is 1. The maximum Gasteiger partial charge on any atom is 0.337 e. The van der Waals surface area contributed by atoms with Crippen molar-refractivity contribution in [1.82, 2.24) is 14.8 Å². The van der Waals surface area contributed by atoms with Crippen molar-refractivity contribution >= 4 is 34.5 Å². The number of likely N-dealkylation sites (N-methyl/N-ethyl adjacent to an activating group) is 1. The van der Waals surface area contributed by atoms with E-state index in [1.165, 1.54) is 12.7 Å². The second-order valence-electron chi connectivity index (χ2n) is 9.10. The van der Waals surface area contributed by atoms with Crippen LogP contribution in [0, 0.1) is 0 Å².